The van der Waals surface area contributed by atoms with Crippen molar-refractivity contribution in [2.24, 2.45) is 0 Å². The van der Waals surface area contributed by atoms with Gasteiger partial charge in [-0.2, -0.15) is 13.2 Å². The average molecular weight is 551 g/mol. The number of carboxylic acid groups (broad SMARTS) is 1. The molecule has 0 aliphatic heterocycles. The second-order valence-electron chi connectivity index (χ2n) is 9.46. The van der Waals surface area contributed by atoms with Crippen molar-refractivity contribution in [1.29, 1.82) is 0 Å². The Morgan fingerprint density at radius 1 is 0.975 bits per heavy atom. The fourth-order valence-electron chi connectivity index (χ4n) is 4.45. The quantitative estimate of drug-likeness (QED) is 0.232. The number of unbranched alkanes of at least 4 members (excludes halogenated alkanes) is 1. The van der Waals surface area contributed by atoms with Gasteiger partial charge in [-0.25, -0.2) is 9.78 Å². The van der Waals surface area contributed by atoms with E-state index in [4.69, 9.17) is 9.84 Å². The fraction of sp³-hybridized carbons (Fsp3) is 0.258. The molecule has 0 bridgehead atoms. The Morgan fingerprint density at radius 3 is 2.25 bits per heavy atom. The number of hydrogen-bond acceptors (Lipinski definition) is 4. The Labute approximate surface area is 229 Å². The zero-order valence-corrected chi connectivity index (χ0v) is 22.2. The summed E-state index contributed by atoms with van der Waals surface area (Å²) in [5, 5.41) is 9.02. The van der Waals surface area contributed by atoms with Gasteiger partial charge in [0.1, 0.15) is 18.2 Å². The number of rotatable bonds is 10. The van der Waals surface area contributed by atoms with Crippen molar-refractivity contribution in [2.45, 2.75) is 52.4 Å². The van der Waals surface area contributed by atoms with E-state index >= 15 is 0 Å². The lowest BCUT2D eigenvalue weighted by Crippen LogP contribution is -2.29. The van der Waals surface area contributed by atoms with Crippen LogP contribution in [0.2, 0.25) is 0 Å². The van der Waals surface area contributed by atoms with Crippen LogP contribution in [0.1, 0.15) is 58.3 Å². The normalized spacial score (nSPS) is 11.4. The van der Waals surface area contributed by atoms with Crippen LogP contribution in [-0.4, -0.2) is 20.6 Å². The SMILES string of the molecule is CCCCc1nc(C)c(-c2ccccc2C(F)(F)F)c(=O)n1Cc1ccc(OCc2ccc(C(=O)O)cc2)cc1. The lowest BCUT2D eigenvalue weighted by Gasteiger charge is -2.18. The molecule has 0 radical (unpaired) electrons. The standard InChI is InChI=1S/C31H29F3N2O4/c1-3-4-9-27-35-20(2)28(25-7-5-6-8-26(25)31(32,33)34)29(37)36(27)18-21-12-16-24(17-13-21)40-19-22-10-14-23(15-11-22)30(38)39/h5-8,10-17H,3-4,9,18-19H2,1-2H3,(H,38,39). The highest BCUT2D eigenvalue weighted by atomic mass is 19.4. The van der Waals surface area contributed by atoms with Crippen molar-refractivity contribution in [3.8, 4) is 16.9 Å². The van der Waals surface area contributed by atoms with Crippen LogP contribution >= 0.6 is 0 Å². The molecule has 0 aliphatic rings. The minimum Gasteiger partial charge on any atom is -0.489 e. The van der Waals surface area contributed by atoms with Crippen molar-refractivity contribution in [3.05, 3.63) is 117 Å². The summed E-state index contributed by atoms with van der Waals surface area (Å²) in [6, 6.07) is 18.5. The maximum Gasteiger partial charge on any atom is 0.417 e. The van der Waals surface area contributed by atoms with Crippen molar-refractivity contribution < 1.29 is 27.8 Å². The molecule has 0 amide bonds. The van der Waals surface area contributed by atoms with Gasteiger partial charge >= 0.3 is 12.1 Å². The summed E-state index contributed by atoms with van der Waals surface area (Å²) in [5.74, 6) is 0.106. The van der Waals surface area contributed by atoms with Crippen LogP contribution in [0.3, 0.4) is 0 Å². The monoisotopic (exact) mass is 550 g/mol. The molecule has 6 nitrogen and oxygen atoms in total. The lowest BCUT2D eigenvalue weighted by molar-refractivity contribution is -0.137. The highest BCUT2D eigenvalue weighted by molar-refractivity contribution is 5.87. The van der Waals surface area contributed by atoms with Gasteiger partial charge in [0, 0.05) is 12.0 Å². The van der Waals surface area contributed by atoms with Gasteiger partial charge in [-0.1, -0.05) is 55.8 Å². The third-order valence-corrected chi connectivity index (χ3v) is 6.56. The van der Waals surface area contributed by atoms with E-state index in [1.807, 2.05) is 6.92 Å². The molecule has 40 heavy (non-hydrogen) atoms. The third-order valence-electron chi connectivity index (χ3n) is 6.56. The molecule has 0 saturated heterocycles. The van der Waals surface area contributed by atoms with Crippen LogP contribution in [0.15, 0.2) is 77.6 Å². The van der Waals surface area contributed by atoms with Crippen LogP contribution in [0.4, 0.5) is 13.2 Å². The minimum absolute atomic E-state index is 0.0537. The maximum absolute atomic E-state index is 13.8. The second kappa shape index (κ2) is 12.2. The van der Waals surface area contributed by atoms with Gasteiger partial charge in [-0.15, -0.1) is 0 Å². The highest BCUT2D eigenvalue weighted by Gasteiger charge is 2.34. The van der Waals surface area contributed by atoms with Crippen LogP contribution in [0.25, 0.3) is 11.1 Å². The van der Waals surface area contributed by atoms with Crippen molar-refractivity contribution in [2.75, 3.05) is 0 Å². The van der Waals surface area contributed by atoms with E-state index in [2.05, 4.69) is 4.98 Å². The molecule has 1 N–H and O–H groups in total. The first-order valence-corrected chi connectivity index (χ1v) is 12.9. The third kappa shape index (κ3) is 6.59. The average Bonchev–Trinajstić information content (AvgIpc) is 2.93. The Hall–Kier alpha value is -4.40. The number of carboxylic acids is 1. The summed E-state index contributed by atoms with van der Waals surface area (Å²) < 4.78 is 48.6. The number of aryl methyl sites for hydroxylation is 2. The molecular weight excluding hydrogens is 521 g/mol. The largest absolute Gasteiger partial charge is 0.489 e. The predicted molar refractivity (Wildman–Crippen MR) is 146 cm³/mol. The number of hydrogen-bond donors (Lipinski definition) is 1. The van der Waals surface area contributed by atoms with E-state index < -0.39 is 23.3 Å². The molecule has 0 spiro atoms. The zero-order valence-electron chi connectivity index (χ0n) is 22.2. The molecule has 0 atom stereocenters. The number of benzene rings is 3. The smallest absolute Gasteiger partial charge is 0.417 e. The van der Waals surface area contributed by atoms with Gasteiger partial charge < -0.3 is 9.84 Å². The molecule has 1 aromatic heterocycles. The summed E-state index contributed by atoms with van der Waals surface area (Å²) in [6.07, 6.45) is -2.44. The zero-order chi connectivity index (χ0) is 28.9. The van der Waals surface area contributed by atoms with E-state index in [9.17, 15) is 22.8 Å². The topological polar surface area (TPSA) is 81.4 Å². The minimum atomic E-state index is -4.62. The summed E-state index contributed by atoms with van der Waals surface area (Å²) in [4.78, 5) is 29.4. The van der Waals surface area contributed by atoms with Gasteiger partial charge in [-0.3, -0.25) is 9.36 Å². The molecule has 0 unspecified atom stereocenters. The summed E-state index contributed by atoms with van der Waals surface area (Å²) in [7, 11) is 0. The summed E-state index contributed by atoms with van der Waals surface area (Å²) >= 11 is 0. The van der Waals surface area contributed by atoms with E-state index in [0.717, 1.165) is 30.0 Å². The Kier molecular flexibility index (Phi) is 8.72. The van der Waals surface area contributed by atoms with E-state index in [1.165, 1.54) is 34.9 Å². The van der Waals surface area contributed by atoms with Crippen LogP contribution in [0, 0.1) is 6.92 Å². The molecule has 4 aromatic rings. The fourth-order valence-corrected chi connectivity index (χ4v) is 4.45. The van der Waals surface area contributed by atoms with Crippen molar-refractivity contribution in [3.63, 3.8) is 0 Å². The van der Waals surface area contributed by atoms with Gasteiger partial charge in [0.05, 0.1) is 28.9 Å². The maximum atomic E-state index is 13.8. The molecule has 0 saturated carbocycles. The van der Waals surface area contributed by atoms with Crippen LogP contribution in [-0.2, 0) is 25.7 Å². The van der Waals surface area contributed by atoms with Gasteiger partial charge in [0.2, 0.25) is 0 Å². The van der Waals surface area contributed by atoms with Gasteiger partial charge in [0.25, 0.3) is 5.56 Å². The van der Waals surface area contributed by atoms with Crippen molar-refractivity contribution in [1.82, 2.24) is 9.55 Å². The molecule has 208 valence electrons. The summed E-state index contributed by atoms with van der Waals surface area (Å²) in [6.45, 7) is 3.97. The first-order valence-electron chi connectivity index (χ1n) is 12.9. The number of alkyl halides is 3. The highest BCUT2D eigenvalue weighted by Crippen LogP contribution is 2.36. The number of aromatic nitrogens is 2. The summed E-state index contributed by atoms with van der Waals surface area (Å²) in [5.41, 5.74) is 0.408. The molecule has 0 fully saturated rings. The van der Waals surface area contributed by atoms with E-state index in [0.29, 0.717) is 18.0 Å². The predicted octanol–water partition coefficient (Wildman–Crippen LogP) is 6.91. The first kappa shape index (κ1) is 28.6. The molecule has 4 rings (SSSR count). The Balaban J connectivity index is 1.62. The number of halogens is 3. The molecule has 3 aromatic carbocycles. The van der Waals surface area contributed by atoms with Crippen LogP contribution in [0.5, 0.6) is 5.75 Å². The molecular formula is C31H29F3N2O4. The Bertz CT molecular complexity index is 1540. The molecule has 1 heterocycles. The number of ether oxygens (including phenoxy) is 1. The first-order chi connectivity index (χ1) is 19.1. The number of carbonyl (C=O) groups is 1. The lowest BCUT2D eigenvalue weighted by atomic mass is 9.98. The van der Waals surface area contributed by atoms with Gasteiger partial charge in [0.15, 0.2) is 0 Å². The van der Waals surface area contributed by atoms with Crippen molar-refractivity contribution >= 4 is 5.97 Å². The van der Waals surface area contributed by atoms with E-state index in [-0.39, 0.29) is 35.5 Å². The molecule has 0 aliphatic carbocycles. The number of aromatic carboxylic acids is 1. The van der Waals surface area contributed by atoms with Gasteiger partial charge in [-0.05, 0) is 54.8 Å². The van der Waals surface area contributed by atoms with Crippen LogP contribution < -0.4 is 10.3 Å². The Morgan fingerprint density at radius 2 is 1.62 bits per heavy atom. The number of nitrogens with zero attached hydrogens (tertiary/aromatic N) is 2. The van der Waals surface area contributed by atoms with E-state index in [1.54, 1.807) is 43.3 Å². The molecule has 9 heteroatoms. The second-order valence-corrected chi connectivity index (χ2v) is 9.46.